The molecule has 0 amide bonds. The molecule has 2 aromatic rings. The Morgan fingerprint density at radius 2 is 1.79 bits per heavy atom. The Bertz CT molecular complexity index is 593. The van der Waals surface area contributed by atoms with Gasteiger partial charge in [0.25, 0.3) is 0 Å². The summed E-state index contributed by atoms with van der Waals surface area (Å²) < 4.78 is 14.7. The van der Waals surface area contributed by atoms with Crippen molar-refractivity contribution in [3.05, 3.63) is 58.3 Å². The van der Waals surface area contributed by atoms with Crippen molar-refractivity contribution in [2.75, 3.05) is 0 Å². The van der Waals surface area contributed by atoms with E-state index in [1.165, 1.54) is 12.8 Å². The second kappa shape index (κ2) is 5.43. The van der Waals surface area contributed by atoms with Crippen molar-refractivity contribution in [2.45, 2.75) is 25.4 Å². The molecule has 0 aromatic heterocycles. The van der Waals surface area contributed by atoms with Gasteiger partial charge in [-0.25, -0.2) is 4.39 Å². The molecule has 1 fully saturated rings. The normalized spacial score (nSPS) is 14.6. The first-order chi connectivity index (χ1) is 9.25. The van der Waals surface area contributed by atoms with Crippen LogP contribution >= 0.6 is 15.9 Å². The Kier molecular flexibility index (Phi) is 3.67. The van der Waals surface area contributed by atoms with Gasteiger partial charge in [-0.3, -0.25) is 0 Å². The fourth-order valence-electron chi connectivity index (χ4n) is 2.19. The molecule has 0 radical (unpaired) electrons. The molecule has 1 N–H and O–H groups in total. The minimum atomic E-state index is -0.193. The first-order valence-corrected chi connectivity index (χ1v) is 7.30. The molecule has 0 unspecified atom stereocenters. The minimum Gasteiger partial charge on any atom is -0.310 e. The highest BCUT2D eigenvalue weighted by molar-refractivity contribution is 9.10. The van der Waals surface area contributed by atoms with Gasteiger partial charge in [0, 0.05) is 18.2 Å². The van der Waals surface area contributed by atoms with E-state index < -0.39 is 0 Å². The molecule has 1 nitrogen and oxygen atoms in total. The third-order valence-electron chi connectivity index (χ3n) is 3.42. The van der Waals surface area contributed by atoms with Crippen LogP contribution in [0.3, 0.4) is 0 Å². The van der Waals surface area contributed by atoms with Crippen LogP contribution in [0.15, 0.2) is 46.9 Å². The zero-order valence-corrected chi connectivity index (χ0v) is 12.1. The highest BCUT2D eigenvalue weighted by Gasteiger charge is 2.20. The fourth-order valence-corrected chi connectivity index (χ4v) is 2.56. The van der Waals surface area contributed by atoms with Crippen LogP contribution in [0.25, 0.3) is 11.1 Å². The molecule has 0 bridgehead atoms. The molecule has 0 atom stereocenters. The van der Waals surface area contributed by atoms with Gasteiger partial charge in [0.2, 0.25) is 0 Å². The number of nitrogens with one attached hydrogen (secondary N) is 1. The van der Waals surface area contributed by atoms with Crippen LogP contribution in [0.2, 0.25) is 0 Å². The second-order valence-electron chi connectivity index (χ2n) is 4.91. The highest BCUT2D eigenvalue weighted by atomic mass is 79.9. The number of benzene rings is 2. The predicted molar refractivity (Wildman–Crippen MR) is 79.4 cm³/mol. The fraction of sp³-hybridized carbons (Fsp3) is 0.250. The van der Waals surface area contributed by atoms with E-state index in [4.69, 9.17) is 0 Å². The summed E-state index contributed by atoms with van der Waals surface area (Å²) in [5.41, 5.74) is 2.77. The highest BCUT2D eigenvalue weighted by Crippen LogP contribution is 2.30. The number of hydrogen-bond donors (Lipinski definition) is 1. The Balaban J connectivity index is 1.96. The van der Waals surface area contributed by atoms with E-state index >= 15 is 0 Å². The van der Waals surface area contributed by atoms with Crippen LogP contribution in [0.4, 0.5) is 4.39 Å². The van der Waals surface area contributed by atoms with Crippen molar-refractivity contribution in [3.8, 4) is 11.1 Å². The van der Waals surface area contributed by atoms with E-state index in [9.17, 15) is 4.39 Å². The number of halogens is 2. The van der Waals surface area contributed by atoms with Gasteiger partial charge in [0.1, 0.15) is 5.82 Å². The van der Waals surface area contributed by atoms with Gasteiger partial charge >= 0.3 is 0 Å². The lowest BCUT2D eigenvalue weighted by Gasteiger charge is -2.12. The lowest BCUT2D eigenvalue weighted by Crippen LogP contribution is -2.15. The quantitative estimate of drug-likeness (QED) is 0.874. The molecular formula is C16H15BrFN. The molecule has 0 spiro atoms. The minimum absolute atomic E-state index is 0.193. The third kappa shape index (κ3) is 2.88. The van der Waals surface area contributed by atoms with E-state index in [2.05, 4.69) is 27.3 Å². The average molecular weight is 320 g/mol. The van der Waals surface area contributed by atoms with Gasteiger partial charge in [-0.1, -0.05) is 36.4 Å². The summed E-state index contributed by atoms with van der Waals surface area (Å²) in [6, 6.07) is 14.1. The first kappa shape index (κ1) is 12.8. The molecule has 1 aliphatic carbocycles. The second-order valence-corrected chi connectivity index (χ2v) is 5.77. The molecular weight excluding hydrogens is 305 g/mol. The first-order valence-electron chi connectivity index (χ1n) is 6.51. The van der Waals surface area contributed by atoms with Crippen LogP contribution in [0.5, 0.6) is 0 Å². The molecule has 1 saturated carbocycles. The number of hydrogen-bond acceptors (Lipinski definition) is 1. The molecule has 0 saturated heterocycles. The van der Waals surface area contributed by atoms with Crippen molar-refractivity contribution in [1.29, 1.82) is 0 Å². The summed E-state index contributed by atoms with van der Waals surface area (Å²) in [5, 5.41) is 3.48. The smallest absolute Gasteiger partial charge is 0.145 e. The molecule has 0 aliphatic heterocycles. The van der Waals surface area contributed by atoms with Crippen LogP contribution in [-0.4, -0.2) is 6.04 Å². The lowest BCUT2D eigenvalue weighted by atomic mass is 9.99. The van der Waals surface area contributed by atoms with Gasteiger partial charge in [-0.15, -0.1) is 0 Å². The van der Waals surface area contributed by atoms with Crippen molar-refractivity contribution < 1.29 is 4.39 Å². The molecule has 2 aromatic carbocycles. The summed E-state index contributed by atoms with van der Waals surface area (Å²) in [5.74, 6) is -0.193. The molecule has 3 rings (SSSR count). The summed E-state index contributed by atoms with van der Waals surface area (Å²) in [6.45, 7) is 0.798. The zero-order valence-electron chi connectivity index (χ0n) is 10.5. The Labute approximate surface area is 121 Å². The van der Waals surface area contributed by atoms with Gasteiger partial charge < -0.3 is 5.32 Å². The lowest BCUT2D eigenvalue weighted by molar-refractivity contribution is 0.624. The van der Waals surface area contributed by atoms with E-state index in [-0.39, 0.29) is 5.82 Å². The van der Waals surface area contributed by atoms with Gasteiger partial charge in [-0.05, 0) is 46.0 Å². The predicted octanol–water partition coefficient (Wildman–Crippen LogP) is 4.51. The molecule has 0 heterocycles. The van der Waals surface area contributed by atoms with E-state index in [0.717, 1.165) is 17.7 Å². The van der Waals surface area contributed by atoms with Crippen molar-refractivity contribution in [2.24, 2.45) is 0 Å². The molecule has 19 heavy (non-hydrogen) atoms. The number of rotatable bonds is 4. The molecule has 1 aliphatic rings. The van der Waals surface area contributed by atoms with Crippen molar-refractivity contribution >= 4 is 15.9 Å². The maximum Gasteiger partial charge on any atom is 0.145 e. The topological polar surface area (TPSA) is 12.0 Å². The molecule has 98 valence electrons. The SMILES string of the molecule is Fc1c(Br)cccc1-c1ccccc1CNC1CC1. The maximum atomic E-state index is 14.2. The van der Waals surface area contributed by atoms with Crippen molar-refractivity contribution in [3.63, 3.8) is 0 Å². The van der Waals surface area contributed by atoms with Crippen LogP contribution in [-0.2, 0) is 6.54 Å². The van der Waals surface area contributed by atoms with Gasteiger partial charge in [-0.2, -0.15) is 0 Å². The van der Waals surface area contributed by atoms with Crippen LogP contribution in [0, 0.1) is 5.82 Å². The standard InChI is InChI=1S/C16H15BrFN/c17-15-7-3-6-14(16(15)18)13-5-2-1-4-11(13)10-19-12-8-9-12/h1-7,12,19H,8-10H2. The maximum absolute atomic E-state index is 14.2. The Morgan fingerprint density at radius 1 is 1.05 bits per heavy atom. The zero-order chi connectivity index (χ0) is 13.2. The third-order valence-corrected chi connectivity index (χ3v) is 4.03. The van der Waals surface area contributed by atoms with Crippen LogP contribution < -0.4 is 5.32 Å². The largest absolute Gasteiger partial charge is 0.310 e. The Hall–Kier alpha value is -1.19. The Morgan fingerprint density at radius 3 is 2.58 bits per heavy atom. The summed E-state index contributed by atoms with van der Waals surface area (Å²) in [7, 11) is 0. The van der Waals surface area contributed by atoms with Crippen molar-refractivity contribution in [1.82, 2.24) is 5.32 Å². The van der Waals surface area contributed by atoms with Gasteiger partial charge in [0.15, 0.2) is 0 Å². The average Bonchev–Trinajstić information content (AvgIpc) is 3.24. The van der Waals surface area contributed by atoms with Crippen LogP contribution in [0.1, 0.15) is 18.4 Å². The summed E-state index contributed by atoms with van der Waals surface area (Å²) in [4.78, 5) is 0. The van der Waals surface area contributed by atoms with E-state index in [0.29, 0.717) is 16.1 Å². The van der Waals surface area contributed by atoms with E-state index in [1.807, 2.05) is 30.3 Å². The monoisotopic (exact) mass is 319 g/mol. The van der Waals surface area contributed by atoms with Gasteiger partial charge in [0.05, 0.1) is 4.47 Å². The summed E-state index contributed by atoms with van der Waals surface area (Å²) in [6.07, 6.45) is 2.51. The molecule has 3 heteroatoms. The summed E-state index contributed by atoms with van der Waals surface area (Å²) >= 11 is 3.25. The van der Waals surface area contributed by atoms with E-state index in [1.54, 1.807) is 6.07 Å².